The first-order chi connectivity index (χ1) is 17.0. The highest BCUT2D eigenvalue weighted by Crippen LogP contribution is 2.33. The molecule has 4 nitrogen and oxygen atoms in total. The predicted octanol–water partition coefficient (Wildman–Crippen LogP) is 7.84. The average Bonchev–Trinajstić information content (AvgIpc) is 2.85. The minimum absolute atomic E-state index is 0.0352. The molecular formula is C32H46O4. The Morgan fingerprint density at radius 2 is 1.72 bits per heavy atom. The molecule has 0 bridgehead atoms. The smallest absolute Gasteiger partial charge is 0.122 e. The predicted molar refractivity (Wildman–Crippen MR) is 152 cm³/mol. The summed E-state index contributed by atoms with van der Waals surface area (Å²) in [5.74, 6) is 1.37. The molecule has 1 aromatic rings. The van der Waals surface area contributed by atoms with Crippen LogP contribution in [0.5, 0.6) is 5.75 Å². The van der Waals surface area contributed by atoms with E-state index in [-0.39, 0.29) is 24.0 Å². The maximum absolute atomic E-state index is 10.4. The lowest BCUT2D eigenvalue weighted by molar-refractivity contribution is 0.0403. The Bertz CT molecular complexity index is 943. The van der Waals surface area contributed by atoms with Crippen LogP contribution in [0.3, 0.4) is 0 Å². The van der Waals surface area contributed by atoms with Crippen LogP contribution in [-0.4, -0.2) is 31.5 Å². The number of aliphatic hydroxyl groups is 1. The number of benzene rings is 1. The molecule has 0 heterocycles. The van der Waals surface area contributed by atoms with E-state index in [9.17, 15) is 5.11 Å². The lowest BCUT2D eigenvalue weighted by Gasteiger charge is -2.27. The zero-order valence-electron chi connectivity index (χ0n) is 23.3. The monoisotopic (exact) mass is 494 g/mol. The molecule has 1 atom stereocenters. The number of aliphatic hydroxyl groups excluding tert-OH is 1. The summed E-state index contributed by atoms with van der Waals surface area (Å²) >= 11 is 0. The highest BCUT2D eigenvalue weighted by atomic mass is 16.5. The summed E-state index contributed by atoms with van der Waals surface area (Å²) < 4.78 is 16.5. The van der Waals surface area contributed by atoms with Crippen LogP contribution in [0.4, 0.5) is 0 Å². The van der Waals surface area contributed by atoms with Crippen molar-refractivity contribution in [3.63, 3.8) is 0 Å². The van der Waals surface area contributed by atoms with Gasteiger partial charge in [0.25, 0.3) is 0 Å². The number of allylic oxidation sites excluding steroid dienone is 8. The Morgan fingerprint density at radius 1 is 1.06 bits per heavy atom. The van der Waals surface area contributed by atoms with E-state index in [0.717, 1.165) is 12.8 Å². The lowest BCUT2D eigenvalue weighted by atomic mass is 9.78. The molecule has 1 unspecified atom stereocenters. The molecular weight excluding hydrogens is 448 g/mol. The molecule has 0 saturated carbocycles. The van der Waals surface area contributed by atoms with Gasteiger partial charge >= 0.3 is 0 Å². The van der Waals surface area contributed by atoms with Gasteiger partial charge in [0.05, 0.1) is 13.4 Å². The molecule has 1 aromatic carbocycles. The average molecular weight is 495 g/mol. The van der Waals surface area contributed by atoms with E-state index >= 15 is 0 Å². The van der Waals surface area contributed by atoms with Crippen molar-refractivity contribution in [2.24, 2.45) is 5.41 Å². The van der Waals surface area contributed by atoms with Crippen LogP contribution < -0.4 is 4.74 Å². The van der Waals surface area contributed by atoms with Crippen molar-refractivity contribution in [2.45, 2.75) is 65.9 Å². The van der Waals surface area contributed by atoms with Crippen LogP contribution >= 0.6 is 0 Å². The Labute approximate surface area is 219 Å². The van der Waals surface area contributed by atoms with Gasteiger partial charge in [0.2, 0.25) is 0 Å². The molecule has 1 N–H and O–H groups in total. The standard InChI is InChI=1S/C32H46O4/c1-10-26(11-2)31(5,6)21-13-16-29(12-3)35-23-28(33)24-36-30-19-17-27(18-20-30)32(7,8)25(4)15-14-22-34-9/h10-12,14-20,22,28,33H,1,3,13,21,23-24H2,2,4-9H3/b22-14+,25-15+,26-11+,29-16+. The highest BCUT2D eigenvalue weighted by Gasteiger charge is 2.22. The summed E-state index contributed by atoms with van der Waals surface area (Å²) in [6, 6.07) is 7.98. The van der Waals surface area contributed by atoms with E-state index in [1.54, 1.807) is 19.4 Å². The fourth-order valence-corrected chi connectivity index (χ4v) is 3.80. The molecule has 0 spiro atoms. The molecule has 0 fully saturated rings. The van der Waals surface area contributed by atoms with Gasteiger partial charge in [-0.1, -0.05) is 76.8 Å². The van der Waals surface area contributed by atoms with Gasteiger partial charge in [-0.25, -0.2) is 0 Å². The Balaban J connectivity index is 2.59. The van der Waals surface area contributed by atoms with Crippen LogP contribution in [0.15, 0.2) is 97.0 Å². The van der Waals surface area contributed by atoms with Gasteiger partial charge < -0.3 is 19.3 Å². The topological polar surface area (TPSA) is 47.9 Å². The van der Waals surface area contributed by atoms with E-state index in [2.05, 4.69) is 72.1 Å². The summed E-state index contributed by atoms with van der Waals surface area (Å²) in [4.78, 5) is 0. The molecule has 1 rings (SSSR count). The van der Waals surface area contributed by atoms with Crippen molar-refractivity contribution < 1.29 is 19.3 Å². The lowest BCUT2D eigenvalue weighted by Crippen LogP contribution is -2.23. The Hall–Kier alpha value is -2.98. The molecule has 0 aliphatic heterocycles. The van der Waals surface area contributed by atoms with Crippen LogP contribution in [0.25, 0.3) is 0 Å². The summed E-state index contributed by atoms with van der Waals surface area (Å²) in [6.45, 7) is 20.9. The number of rotatable bonds is 16. The summed E-state index contributed by atoms with van der Waals surface area (Å²) in [7, 11) is 1.63. The fraction of sp³-hybridized carbons (Fsp3) is 0.438. The number of methoxy groups -OCH3 is 1. The van der Waals surface area contributed by atoms with Crippen LogP contribution in [-0.2, 0) is 14.9 Å². The molecule has 0 saturated heterocycles. The zero-order valence-corrected chi connectivity index (χ0v) is 23.3. The van der Waals surface area contributed by atoms with Gasteiger partial charge in [-0.2, -0.15) is 0 Å². The van der Waals surface area contributed by atoms with E-state index < -0.39 is 6.10 Å². The Kier molecular flexibility index (Phi) is 13.1. The third-order valence-corrected chi connectivity index (χ3v) is 6.64. The van der Waals surface area contributed by atoms with E-state index in [4.69, 9.17) is 14.2 Å². The van der Waals surface area contributed by atoms with Gasteiger partial charge in [-0.3, -0.25) is 0 Å². The molecule has 4 heteroatoms. The third-order valence-electron chi connectivity index (χ3n) is 6.64. The molecule has 0 radical (unpaired) electrons. The maximum atomic E-state index is 10.4. The summed E-state index contributed by atoms with van der Waals surface area (Å²) in [5, 5.41) is 10.4. The summed E-state index contributed by atoms with van der Waals surface area (Å²) in [6.07, 6.45) is 14.4. The van der Waals surface area contributed by atoms with E-state index in [0.29, 0.717) is 11.5 Å². The second kappa shape index (κ2) is 15.2. The van der Waals surface area contributed by atoms with Crippen molar-refractivity contribution >= 4 is 0 Å². The number of ether oxygens (including phenoxy) is 3. The number of hydrogen-bond acceptors (Lipinski definition) is 4. The second-order valence-electron chi connectivity index (χ2n) is 10.0. The van der Waals surface area contributed by atoms with Crippen LogP contribution in [0, 0.1) is 5.41 Å². The minimum atomic E-state index is -0.756. The minimum Gasteiger partial charge on any atom is -0.504 e. The van der Waals surface area contributed by atoms with Gasteiger partial charge in [0.1, 0.15) is 30.8 Å². The maximum Gasteiger partial charge on any atom is 0.122 e. The van der Waals surface area contributed by atoms with Crippen LogP contribution in [0.2, 0.25) is 0 Å². The molecule has 0 aromatic heterocycles. The quantitative estimate of drug-likeness (QED) is 0.188. The zero-order chi connectivity index (χ0) is 27.2. The first kappa shape index (κ1) is 31.1. The highest BCUT2D eigenvalue weighted by molar-refractivity contribution is 5.38. The van der Waals surface area contributed by atoms with Gasteiger partial charge in [-0.15, -0.1) is 0 Å². The molecule has 198 valence electrons. The van der Waals surface area contributed by atoms with Gasteiger partial charge in [0.15, 0.2) is 0 Å². The van der Waals surface area contributed by atoms with Crippen molar-refractivity contribution in [3.05, 3.63) is 103 Å². The van der Waals surface area contributed by atoms with Gasteiger partial charge in [0, 0.05) is 5.41 Å². The second-order valence-corrected chi connectivity index (χ2v) is 10.0. The van der Waals surface area contributed by atoms with E-state index in [1.807, 2.05) is 37.3 Å². The molecule has 36 heavy (non-hydrogen) atoms. The summed E-state index contributed by atoms with van der Waals surface area (Å²) in [5.41, 5.74) is 3.53. The SMILES string of the molecule is C=C/C(=C\CCC(C)(C)/C(C=C)=C/C)OCC(O)COc1ccc(C(C)(C)/C(C)=C/C=C/OC)cc1. The molecule has 0 aliphatic carbocycles. The number of hydrogen-bond donors (Lipinski definition) is 1. The van der Waals surface area contributed by atoms with Crippen molar-refractivity contribution in [3.8, 4) is 5.75 Å². The van der Waals surface area contributed by atoms with Crippen molar-refractivity contribution in [1.82, 2.24) is 0 Å². The molecule has 0 aliphatic rings. The fourth-order valence-electron chi connectivity index (χ4n) is 3.80. The first-order valence-electron chi connectivity index (χ1n) is 12.5. The van der Waals surface area contributed by atoms with Gasteiger partial charge in [-0.05, 0) is 73.6 Å². The third kappa shape index (κ3) is 9.94. The molecule has 0 amide bonds. The van der Waals surface area contributed by atoms with Crippen LogP contribution in [0.1, 0.15) is 59.9 Å². The normalized spacial score (nSPS) is 14.5. The Morgan fingerprint density at radius 3 is 2.28 bits per heavy atom. The largest absolute Gasteiger partial charge is 0.504 e. The van der Waals surface area contributed by atoms with Crippen molar-refractivity contribution in [2.75, 3.05) is 20.3 Å². The van der Waals surface area contributed by atoms with E-state index in [1.165, 1.54) is 16.7 Å². The first-order valence-corrected chi connectivity index (χ1v) is 12.5. The van der Waals surface area contributed by atoms with Crippen molar-refractivity contribution in [1.29, 1.82) is 0 Å².